The summed E-state index contributed by atoms with van der Waals surface area (Å²) in [5.74, 6) is -5.30. The Balaban J connectivity index is 1.78. The van der Waals surface area contributed by atoms with E-state index in [-0.39, 0.29) is 123 Å². The molecule has 0 saturated heterocycles. The van der Waals surface area contributed by atoms with Gasteiger partial charge in [0.25, 0.3) is 11.8 Å². The molecule has 0 fully saturated rings. The van der Waals surface area contributed by atoms with Crippen LogP contribution in [0.2, 0.25) is 0 Å². The zero-order valence-corrected chi connectivity index (χ0v) is 36.7. The first-order valence-electron chi connectivity index (χ1n) is 21.4. The Morgan fingerprint density at radius 2 is 1.31 bits per heavy atom. The predicted molar refractivity (Wildman–Crippen MR) is 228 cm³/mol. The van der Waals surface area contributed by atoms with Gasteiger partial charge >= 0.3 is 11.9 Å². The number of carboxylic acid groups (broad SMARTS) is 1. The molecule has 0 saturated carbocycles. The average molecular weight is 905 g/mol. The lowest BCUT2D eigenvalue weighted by molar-refractivity contribution is -0.159. The highest BCUT2D eigenvalue weighted by Gasteiger charge is 2.27. The van der Waals surface area contributed by atoms with Gasteiger partial charge in [-0.25, -0.2) is 4.79 Å². The number of nitrogens with zero attached hydrogens (tertiary/aromatic N) is 1. The van der Waals surface area contributed by atoms with Gasteiger partial charge in [-0.2, -0.15) is 0 Å². The lowest BCUT2D eigenvalue weighted by Gasteiger charge is -2.22. The van der Waals surface area contributed by atoms with Gasteiger partial charge in [-0.1, -0.05) is 37.3 Å². The largest absolute Gasteiger partial charge is 0.481 e. The highest BCUT2D eigenvalue weighted by atomic mass is 16.6. The van der Waals surface area contributed by atoms with Gasteiger partial charge in [0.15, 0.2) is 6.10 Å². The second-order valence-electron chi connectivity index (χ2n) is 14.7. The number of carboxylic acids is 1. The molecule has 1 aliphatic rings. The Morgan fingerprint density at radius 1 is 0.688 bits per heavy atom. The van der Waals surface area contributed by atoms with Crippen molar-refractivity contribution in [3.05, 3.63) is 48.0 Å². The molecule has 0 radical (unpaired) electrons. The maximum absolute atomic E-state index is 13.2. The van der Waals surface area contributed by atoms with E-state index in [1.54, 1.807) is 44.4 Å². The maximum Gasteiger partial charge on any atom is 0.335 e. The van der Waals surface area contributed by atoms with Crippen molar-refractivity contribution in [2.45, 2.75) is 83.5 Å². The van der Waals surface area contributed by atoms with Crippen molar-refractivity contribution < 1.29 is 71.9 Å². The molecule has 0 bridgehead atoms. The minimum atomic E-state index is -1.24. The Kier molecular flexibility index (Phi) is 27.9. The molecule has 64 heavy (non-hydrogen) atoms. The lowest BCUT2D eigenvalue weighted by atomic mass is 9.97. The van der Waals surface area contributed by atoms with Crippen molar-refractivity contribution in [2.24, 2.45) is 5.92 Å². The first-order chi connectivity index (χ1) is 30.8. The smallest absolute Gasteiger partial charge is 0.335 e. The third kappa shape index (κ3) is 25.4. The molecule has 0 aromatic heterocycles. The second-order valence-corrected chi connectivity index (χ2v) is 14.7. The molecule has 21 nitrogen and oxygen atoms in total. The van der Waals surface area contributed by atoms with Crippen LogP contribution in [-0.4, -0.2) is 155 Å². The molecule has 1 heterocycles. The normalized spacial score (nSPS) is 13.4. The topological polar surface area (TPSA) is 283 Å². The summed E-state index contributed by atoms with van der Waals surface area (Å²) in [5.41, 5.74) is 0.714. The summed E-state index contributed by atoms with van der Waals surface area (Å²) in [7, 11) is 1.59. The molecule has 0 aliphatic carbocycles. The monoisotopic (exact) mass is 904 g/mol. The molecule has 356 valence electrons. The molecule has 2 rings (SSSR count). The molecule has 2 unspecified atom stereocenters. The van der Waals surface area contributed by atoms with E-state index in [2.05, 4.69) is 26.6 Å². The fourth-order valence-electron chi connectivity index (χ4n) is 5.94. The Labute approximate surface area is 373 Å². The number of hydrogen-bond donors (Lipinski definition) is 6. The van der Waals surface area contributed by atoms with Crippen LogP contribution in [0.15, 0.2) is 42.5 Å². The fraction of sp³-hybridized carbons (Fsp3) is 0.605. The SMILES string of the molecule is COCCCNC(=O)CCOCCNC(=O)CCCOCCNC(=O)[C@H](CC(C)CC(=O)O)NC(=O)CCC(OCCNC(=O)CCN1C(=O)C=CC1=O)C(=O)OCc1ccccc1. The number of ether oxygens (including phenoxy) is 5. The molecule has 1 aromatic rings. The molecule has 1 aromatic carbocycles. The average Bonchev–Trinajstić information content (AvgIpc) is 3.59. The molecule has 21 heteroatoms. The zero-order chi connectivity index (χ0) is 47.0. The van der Waals surface area contributed by atoms with Crippen molar-refractivity contribution >= 4 is 53.3 Å². The van der Waals surface area contributed by atoms with Crippen LogP contribution >= 0.6 is 0 Å². The van der Waals surface area contributed by atoms with E-state index in [1.807, 2.05) is 0 Å². The third-order valence-corrected chi connectivity index (χ3v) is 9.27. The van der Waals surface area contributed by atoms with Gasteiger partial charge < -0.3 is 55.4 Å². The van der Waals surface area contributed by atoms with Crippen LogP contribution in [-0.2, 0) is 73.4 Å². The van der Waals surface area contributed by atoms with Gasteiger partial charge in [-0.15, -0.1) is 0 Å². The van der Waals surface area contributed by atoms with Crippen molar-refractivity contribution in [1.82, 2.24) is 31.5 Å². The summed E-state index contributed by atoms with van der Waals surface area (Å²) in [6, 6.07) is 7.76. The van der Waals surface area contributed by atoms with Gasteiger partial charge in [0.1, 0.15) is 12.6 Å². The number of carbonyl (C=O) groups excluding carboxylic acids is 8. The van der Waals surface area contributed by atoms with Crippen molar-refractivity contribution in [2.75, 3.05) is 79.5 Å². The third-order valence-electron chi connectivity index (χ3n) is 9.27. The molecule has 0 spiro atoms. The minimum absolute atomic E-state index is 0.00483. The summed E-state index contributed by atoms with van der Waals surface area (Å²) < 4.78 is 27.0. The van der Waals surface area contributed by atoms with E-state index in [1.165, 1.54) is 0 Å². The summed E-state index contributed by atoms with van der Waals surface area (Å²) in [6.07, 6.45) is 1.74. The maximum atomic E-state index is 13.2. The van der Waals surface area contributed by atoms with Crippen LogP contribution in [0, 0.1) is 5.92 Å². The molecule has 3 atom stereocenters. The van der Waals surface area contributed by atoms with Gasteiger partial charge in [0.05, 0.1) is 26.4 Å². The second kappa shape index (κ2) is 32.8. The molecular formula is C43H64N6O15. The molecule has 7 amide bonds. The fourth-order valence-corrected chi connectivity index (χ4v) is 5.94. The van der Waals surface area contributed by atoms with Crippen LogP contribution in [0.4, 0.5) is 0 Å². The van der Waals surface area contributed by atoms with Gasteiger partial charge in [-0.3, -0.25) is 43.3 Å². The number of aliphatic carboxylic acids is 1. The summed E-state index contributed by atoms with van der Waals surface area (Å²) >= 11 is 0. The Morgan fingerprint density at radius 3 is 2.00 bits per heavy atom. The van der Waals surface area contributed by atoms with Gasteiger partial charge in [0.2, 0.25) is 29.5 Å². The van der Waals surface area contributed by atoms with E-state index in [0.29, 0.717) is 25.1 Å². The highest BCUT2D eigenvalue weighted by molar-refractivity contribution is 6.13. The van der Waals surface area contributed by atoms with E-state index >= 15 is 0 Å². The zero-order valence-electron chi connectivity index (χ0n) is 36.7. The first kappa shape index (κ1) is 54.4. The van der Waals surface area contributed by atoms with Crippen LogP contribution < -0.4 is 26.6 Å². The summed E-state index contributed by atoms with van der Waals surface area (Å²) in [5, 5.41) is 22.7. The van der Waals surface area contributed by atoms with E-state index in [4.69, 9.17) is 23.7 Å². The van der Waals surface area contributed by atoms with Crippen molar-refractivity contribution in [3.8, 4) is 0 Å². The van der Waals surface area contributed by atoms with Crippen LogP contribution in [0.3, 0.4) is 0 Å². The number of esters is 1. The summed E-state index contributed by atoms with van der Waals surface area (Å²) in [6.45, 7) is 3.57. The van der Waals surface area contributed by atoms with Crippen LogP contribution in [0.5, 0.6) is 0 Å². The lowest BCUT2D eigenvalue weighted by Crippen LogP contribution is -2.48. The quantitative estimate of drug-likeness (QED) is 0.0291. The Hall–Kier alpha value is -5.77. The number of imide groups is 1. The minimum Gasteiger partial charge on any atom is -0.481 e. The van der Waals surface area contributed by atoms with E-state index < -0.39 is 59.5 Å². The van der Waals surface area contributed by atoms with Crippen molar-refractivity contribution in [1.29, 1.82) is 0 Å². The van der Waals surface area contributed by atoms with Crippen molar-refractivity contribution in [3.63, 3.8) is 0 Å². The number of nitrogens with one attached hydrogen (secondary N) is 5. The van der Waals surface area contributed by atoms with E-state index in [9.17, 15) is 48.3 Å². The standard InChI is InChI=1S/C43H64N6O15/c1-31(29-41(56)57)28-33(42(58)47-19-26-61-23-6-10-35(50)45-18-25-62-24-16-37(52)44-17-7-22-60-2)48-38(53)12-11-34(43(59)64-30-32-8-4-3-5-9-32)63-27-20-46-36(51)15-21-49-39(54)13-14-40(49)55/h3-5,8-9,13-14,31,33-34H,6-7,10-12,15-30H2,1-2H3,(H,44,52)(H,45,50)(H,46,51)(H,47,58)(H,48,53)(H,56,57)/t31?,33-,34?/m0/s1. The number of amides is 7. The van der Waals surface area contributed by atoms with Crippen LogP contribution in [0.25, 0.3) is 0 Å². The number of hydrogen-bond acceptors (Lipinski definition) is 14. The van der Waals surface area contributed by atoms with Gasteiger partial charge in [-0.05, 0) is 37.2 Å². The first-order valence-corrected chi connectivity index (χ1v) is 21.4. The molecule has 6 N–H and O–H groups in total. The van der Waals surface area contributed by atoms with Gasteiger partial charge in [0, 0.05) is 97.3 Å². The molecular weight excluding hydrogens is 840 g/mol. The molecule has 1 aliphatic heterocycles. The number of benzene rings is 1. The van der Waals surface area contributed by atoms with Crippen LogP contribution in [0.1, 0.15) is 70.3 Å². The number of rotatable bonds is 36. The van der Waals surface area contributed by atoms with E-state index in [0.717, 1.165) is 23.5 Å². The number of methoxy groups -OCH3 is 1. The predicted octanol–water partition coefficient (Wildman–Crippen LogP) is -0.0992. The summed E-state index contributed by atoms with van der Waals surface area (Å²) in [4.78, 5) is 111. The number of carbonyl (C=O) groups is 9. The highest BCUT2D eigenvalue weighted by Crippen LogP contribution is 2.13. The Bertz CT molecular complexity index is 1660.